The second kappa shape index (κ2) is 7.08. The Morgan fingerprint density at radius 2 is 1.28 bits per heavy atom. The highest BCUT2D eigenvalue weighted by Crippen LogP contribution is 2.33. The van der Waals surface area contributed by atoms with Crippen LogP contribution in [0.5, 0.6) is 0 Å². The summed E-state index contributed by atoms with van der Waals surface area (Å²) >= 11 is 0. The second-order valence-corrected chi connectivity index (χ2v) is 6.50. The molecule has 2 nitrogen and oxygen atoms in total. The number of halogens is 1. The summed E-state index contributed by atoms with van der Waals surface area (Å²) in [5.41, 5.74) is 3.17. The van der Waals surface area contributed by atoms with Gasteiger partial charge in [0.1, 0.15) is 5.82 Å². The van der Waals surface area contributed by atoms with E-state index in [4.69, 9.17) is 0 Å². The topological polar surface area (TPSA) is 15.3 Å². The average Bonchev–Trinajstić information content (AvgIpc) is 2.63. The number of hydrogen-bond acceptors (Lipinski definition) is 2. The summed E-state index contributed by atoms with van der Waals surface area (Å²) in [5.74, 6) is -0.191. The van der Waals surface area contributed by atoms with Crippen molar-refractivity contribution in [3.63, 3.8) is 0 Å². The van der Waals surface area contributed by atoms with Gasteiger partial charge in [-0.25, -0.2) is 4.39 Å². The van der Waals surface area contributed by atoms with Crippen molar-refractivity contribution in [1.82, 2.24) is 4.90 Å². The predicted molar refractivity (Wildman–Crippen MR) is 100 cm³/mol. The summed E-state index contributed by atoms with van der Waals surface area (Å²) in [4.78, 5) is 2.43. The van der Waals surface area contributed by atoms with Crippen LogP contribution in [0, 0.1) is 5.82 Å². The van der Waals surface area contributed by atoms with E-state index in [0.717, 1.165) is 13.1 Å². The molecule has 1 heterocycles. The van der Waals surface area contributed by atoms with E-state index < -0.39 is 0 Å². The fourth-order valence-corrected chi connectivity index (χ4v) is 3.50. The number of nitrogens with zero attached hydrogens (tertiary/aromatic N) is 1. The highest BCUT2D eigenvalue weighted by atomic mass is 19.1. The third-order valence-corrected chi connectivity index (χ3v) is 4.74. The minimum atomic E-state index is -0.191. The van der Waals surface area contributed by atoms with Crippen LogP contribution in [0.15, 0.2) is 84.9 Å². The van der Waals surface area contributed by atoms with Gasteiger partial charge < -0.3 is 5.32 Å². The summed E-state index contributed by atoms with van der Waals surface area (Å²) in [6, 6.07) is 28.5. The van der Waals surface area contributed by atoms with E-state index in [9.17, 15) is 4.39 Å². The lowest BCUT2D eigenvalue weighted by molar-refractivity contribution is 0.123. The number of hydrogen-bond donors (Lipinski definition) is 1. The Morgan fingerprint density at radius 1 is 0.760 bits per heavy atom. The van der Waals surface area contributed by atoms with E-state index in [-0.39, 0.29) is 17.9 Å². The predicted octanol–water partition coefficient (Wildman–Crippen LogP) is 4.71. The maximum atomic E-state index is 13.8. The largest absolute Gasteiger partial charge is 0.377 e. The van der Waals surface area contributed by atoms with Crippen molar-refractivity contribution in [1.29, 1.82) is 0 Å². The SMILES string of the molecule is Fc1ccccc1NC1CN(C(c2ccccc2)c2ccccc2)C1. The quantitative estimate of drug-likeness (QED) is 0.728. The van der Waals surface area contributed by atoms with Crippen LogP contribution in [0.3, 0.4) is 0 Å². The Bertz CT molecular complexity index is 774. The Labute approximate surface area is 147 Å². The van der Waals surface area contributed by atoms with Crippen LogP contribution in [0.2, 0.25) is 0 Å². The summed E-state index contributed by atoms with van der Waals surface area (Å²) in [5, 5.41) is 3.32. The smallest absolute Gasteiger partial charge is 0.146 e. The first kappa shape index (κ1) is 15.9. The summed E-state index contributed by atoms with van der Waals surface area (Å²) in [7, 11) is 0. The van der Waals surface area contributed by atoms with Gasteiger partial charge in [0.05, 0.1) is 17.8 Å². The van der Waals surface area contributed by atoms with Gasteiger partial charge >= 0.3 is 0 Å². The molecule has 0 radical (unpaired) electrons. The van der Waals surface area contributed by atoms with Crippen molar-refractivity contribution in [3.8, 4) is 0 Å². The van der Waals surface area contributed by atoms with Gasteiger partial charge in [0, 0.05) is 13.1 Å². The molecule has 0 aliphatic carbocycles. The monoisotopic (exact) mass is 332 g/mol. The fraction of sp³-hybridized carbons (Fsp3) is 0.182. The van der Waals surface area contributed by atoms with Crippen molar-refractivity contribution < 1.29 is 4.39 Å². The molecule has 1 aliphatic rings. The molecule has 3 aromatic rings. The molecule has 0 atom stereocenters. The van der Waals surface area contributed by atoms with Crippen LogP contribution in [-0.4, -0.2) is 24.0 Å². The highest BCUT2D eigenvalue weighted by Gasteiger charge is 2.34. The Kier molecular flexibility index (Phi) is 4.49. The van der Waals surface area contributed by atoms with Gasteiger partial charge in [-0.3, -0.25) is 4.90 Å². The van der Waals surface area contributed by atoms with Crippen molar-refractivity contribution in [2.45, 2.75) is 12.1 Å². The summed E-state index contributed by atoms with van der Waals surface area (Å²) < 4.78 is 13.8. The fourth-order valence-electron chi connectivity index (χ4n) is 3.50. The van der Waals surface area contributed by atoms with Crippen molar-refractivity contribution in [3.05, 3.63) is 102 Å². The van der Waals surface area contributed by atoms with Crippen LogP contribution in [0.4, 0.5) is 10.1 Å². The molecule has 126 valence electrons. The molecule has 1 fully saturated rings. The maximum Gasteiger partial charge on any atom is 0.146 e. The first-order chi connectivity index (χ1) is 12.3. The molecule has 0 aromatic heterocycles. The standard InChI is InChI=1S/C22H21FN2/c23-20-13-7-8-14-21(20)24-19-15-25(16-19)22(17-9-3-1-4-10-17)18-11-5-2-6-12-18/h1-14,19,22,24H,15-16H2. The van der Waals surface area contributed by atoms with E-state index in [1.807, 2.05) is 18.2 Å². The van der Waals surface area contributed by atoms with E-state index in [0.29, 0.717) is 5.69 Å². The number of para-hydroxylation sites is 1. The van der Waals surface area contributed by atoms with Crippen molar-refractivity contribution in [2.75, 3.05) is 18.4 Å². The number of anilines is 1. The average molecular weight is 332 g/mol. The maximum absolute atomic E-state index is 13.8. The Balaban J connectivity index is 1.50. The Hall–Kier alpha value is -2.65. The second-order valence-electron chi connectivity index (χ2n) is 6.50. The number of nitrogens with one attached hydrogen (secondary N) is 1. The van der Waals surface area contributed by atoms with E-state index in [1.54, 1.807) is 12.1 Å². The van der Waals surface area contributed by atoms with E-state index in [2.05, 4.69) is 58.7 Å². The molecular formula is C22H21FN2. The van der Waals surface area contributed by atoms with Gasteiger partial charge in [-0.15, -0.1) is 0 Å². The summed E-state index contributed by atoms with van der Waals surface area (Å²) in [6.07, 6.45) is 0. The van der Waals surface area contributed by atoms with Gasteiger partial charge in [0.15, 0.2) is 0 Å². The highest BCUT2D eigenvalue weighted by molar-refractivity contribution is 5.46. The molecule has 0 spiro atoms. The molecule has 0 bridgehead atoms. The zero-order valence-electron chi connectivity index (χ0n) is 14.0. The molecule has 1 aliphatic heterocycles. The number of benzene rings is 3. The zero-order valence-corrected chi connectivity index (χ0v) is 14.0. The van der Waals surface area contributed by atoms with Gasteiger partial charge in [-0.1, -0.05) is 72.8 Å². The molecule has 25 heavy (non-hydrogen) atoms. The molecule has 3 aromatic carbocycles. The third-order valence-electron chi connectivity index (χ3n) is 4.74. The van der Waals surface area contributed by atoms with Gasteiger partial charge in [0.2, 0.25) is 0 Å². The van der Waals surface area contributed by atoms with Crippen LogP contribution in [-0.2, 0) is 0 Å². The minimum Gasteiger partial charge on any atom is -0.377 e. The lowest BCUT2D eigenvalue weighted by Crippen LogP contribution is -2.56. The number of rotatable bonds is 5. The van der Waals surface area contributed by atoms with Crippen LogP contribution in [0.25, 0.3) is 0 Å². The van der Waals surface area contributed by atoms with E-state index >= 15 is 0 Å². The lowest BCUT2D eigenvalue weighted by Gasteiger charge is -2.45. The molecular weight excluding hydrogens is 311 g/mol. The molecule has 0 unspecified atom stereocenters. The van der Waals surface area contributed by atoms with Gasteiger partial charge in [-0.05, 0) is 23.3 Å². The van der Waals surface area contributed by atoms with Gasteiger partial charge in [0.25, 0.3) is 0 Å². The minimum absolute atomic E-state index is 0.191. The zero-order chi connectivity index (χ0) is 17.1. The molecule has 1 saturated heterocycles. The van der Waals surface area contributed by atoms with Crippen LogP contribution in [0.1, 0.15) is 17.2 Å². The van der Waals surface area contributed by atoms with Gasteiger partial charge in [-0.2, -0.15) is 0 Å². The molecule has 0 amide bonds. The third kappa shape index (κ3) is 3.42. The van der Waals surface area contributed by atoms with Crippen molar-refractivity contribution >= 4 is 5.69 Å². The normalized spacial score (nSPS) is 15.1. The number of likely N-dealkylation sites (tertiary alicyclic amines) is 1. The first-order valence-corrected chi connectivity index (χ1v) is 8.66. The lowest BCUT2D eigenvalue weighted by atomic mass is 9.93. The molecule has 3 heteroatoms. The van der Waals surface area contributed by atoms with E-state index in [1.165, 1.54) is 17.2 Å². The first-order valence-electron chi connectivity index (χ1n) is 8.66. The summed E-state index contributed by atoms with van der Waals surface area (Å²) in [6.45, 7) is 1.78. The van der Waals surface area contributed by atoms with Crippen LogP contribution < -0.4 is 5.32 Å². The molecule has 4 rings (SSSR count). The molecule has 1 N–H and O–H groups in total. The molecule has 0 saturated carbocycles. The Morgan fingerprint density at radius 3 is 1.84 bits per heavy atom. The van der Waals surface area contributed by atoms with Crippen LogP contribution >= 0.6 is 0 Å². The van der Waals surface area contributed by atoms with Crippen molar-refractivity contribution in [2.24, 2.45) is 0 Å².